The molecule has 4 nitrogen and oxygen atoms in total. The zero-order chi connectivity index (χ0) is 13.8. The van der Waals surface area contributed by atoms with Crippen LogP contribution in [-0.2, 0) is 0 Å². The highest BCUT2D eigenvalue weighted by molar-refractivity contribution is 6.33. The van der Waals surface area contributed by atoms with Crippen LogP contribution in [0.3, 0.4) is 0 Å². The van der Waals surface area contributed by atoms with Gasteiger partial charge in [-0.3, -0.25) is 4.99 Å². The third-order valence-electron chi connectivity index (χ3n) is 2.80. The minimum atomic E-state index is 0.431. The minimum absolute atomic E-state index is 0.431. The number of guanidine groups is 1. The van der Waals surface area contributed by atoms with Crippen LogP contribution in [0.2, 0.25) is 0 Å². The Morgan fingerprint density at radius 3 is 2.74 bits per heavy atom. The maximum absolute atomic E-state index is 6.18. The zero-order valence-corrected chi connectivity index (χ0v) is 11.6. The van der Waals surface area contributed by atoms with Gasteiger partial charge in [0.2, 0.25) is 5.96 Å². The summed E-state index contributed by atoms with van der Waals surface area (Å²) >= 11 is 6.18. The van der Waals surface area contributed by atoms with Crippen molar-refractivity contribution in [1.82, 2.24) is 10.3 Å². The lowest BCUT2D eigenvalue weighted by molar-refractivity contribution is 1.20. The largest absolute Gasteiger partial charge is 0.360 e. The van der Waals surface area contributed by atoms with Gasteiger partial charge < -0.3 is 10.3 Å². The zero-order valence-electron chi connectivity index (χ0n) is 10.9. The number of H-pyrrole nitrogens is 1. The molecule has 1 heterocycles. The van der Waals surface area contributed by atoms with Crippen LogP contribution in [0.5, 0.6) is 0 Å². The fourth-order valence-electron chi connectivity index (χ4n) is 1.90. The Kier molecular flexibility index (Phi) is 4.02. The molecule has 1 aromatic carbocycles. The third kappa shape index (κ3) is 2.69. The van der Waals surface area contributed by atoms with Gasteiger partial charge in [0.1, 0.15) is 0 Å². The van der Waals surface area contributed by atoms with Gasteiger partial charge in [0.15, 0.2) is 0 Å². The van der Waals surface area contributed by atoms with Crippen molar-refractivity contribution in [2.24, 2.45) is 9.98 Å². The molecule has 98 valence electrons. The minimum Gasteiger partial charge on any atom is -0.360 e. The standard InChI is InChI=1S/C14H15ClN4/c1-9(15)13(19-14(16-2)17-3)11-8-18-12-7-5-4-6-10(11)12/h4-8,18H,2H2,1,3H3,(H,17,19)/b13-9+. The molecule has 2 rings (SSSR count). The molecule has 0 saturated heterocycles. The summed E-state index contributed by atoms with van der Waals surface area (Å²) in [6.45, 7) is 5.29. The summed E-state index contributed by atoms with van der Waals surface area (Å²) in [7, 11) is 1.65. The molecule has 2 N–H and O–H groups in total. The molecule has 2 aromatic rings. The number of aliphatic imine (C=N–C) groups is 2. The smallest absolute Gasteiger partial charge is 0.221 e. The number of allylic oxidation sites excluding steroid dienone is 1. The third-order valence-corrected chi connectivity index (χ3v) is 2.99. The number of hydrogen-bond donors (Lipinski definition) is 2. The van der Waals surface area contributed by atoms with Crippen molar-refractivity contribution in [1.29, 1.82) is 0 Å². The summed E-state index contributed by atoms with van der Waals surface area (Å²) < 4.78 is 0. The summed E-state index contributed by atoms with van der Waals surface area (Å²) in [5, 5.41) is 4.82. The van der Waals surface area contributed by atoms with Crippen LogP contribution in [0.25, 0.3) is 16.6 Å². The van der Waals surface area contributed by atoms with Gasteiger partial charge in [0.25, 0.3) is 0 Å². The summed E-state index contributed by atoms with van der Waals surface area (Å²) in [5.41, 5.74) is 2.80. The lowest BCUT2D eigenvalue weighted by atomic mass is 10.1. The molecule has 0 fully saturated rings. The Balaban J connectivity index is 2.52. The van der Waals surface area contributed by atoms with Crippen LogP contribution >= 0.6 is 11.6 Å². The van der Waals surface area contributed by atoms with Crippen LogP contribution in [0.4, 0.5) is 0 Å². The molecule has 0 spiro atoms. The fourth-order valence-corrected chi connectivity index (χ4v) is 2.04. The van der Waals surface area contributed by atoms with E-state index in [1.54, 1.807) is 7.05 Å². The van der Waals surface area contributed by atoms with E-state index in [4.69, 9.17) is 11.6 Å². The predicted molar refractivity (Wildman–Crippen MR) is 82.8 cm³/mol. The molecule has 0 unspecified atom stereocenters. The van der Waals surface area contributed by atoms with Gasteiger partial charge in [-0.05, 0) is 19.7 Å². The van der Waals surface area contributed by atoms with Gasteiger partial charge in [-0.1, -0.05) is 29.8 Å². The highest BCUT2D eigenvalue weighted by Gasteiger charge is 2.12. The molecule has 0 aliphatic carbocycles. The molecule has 0 aliphatic heterocycles. The first-order valence-electron chi connectivity index (χ1n) is 5.80. The van der Waals surface area contributed by atoms with E-state index in [0.29, 0.717) is 11.0 Å². The van der Waals surface area contributed by atoms with E-state index in [1.807, 2.05) is 37.4 Å². The van der Waals surface area contributed by atoms with E-state index in [1.165, 1.54) is 0 Å². The number of para-hydroxylation sites is 1. The van der Waals surface area contributed by atoms with Gasteiger partial charge in [0, 0.05) is 34.7 Å². The second kappa shape index (κ2) is 5.71. The van der Waals surface area contributed by atoms with E-state index in [9.17, 15) is 0 Å². The van der Waals surface area contributed by atoms with E-state index in [-0.39, 0.29) is 0 Å². The quantitative estimate of drug-likeness (QED) is 0.640. The molecular formula is C14H15ClN4. The first-order valence-corrected chi connectivity index (χ1v) is 6.18. The maximum atomic E-state index is 6.18. The number of rotatable bonds is 2. The van der Waals surface area contributed by atoms with Crippen LogP contribution in [0, 0.1) is 0 Å². The molecule has 0 radical (unpaired) electrons. The number of fused-ring (bicyclic) bond motifs is 1. The summed E-state index contributed by atoms with van der Waals surface area (Å²) in [6.07, 6.45) is 1.91. The maximum Gasteiger partial charge on any atom is 0.221 e. The Labute approximate surface area is 116 Å². The van der Waals surface area contributed by atoms with Crippen molar-refractivity contribution in [3.05, 3.63) is 41.1 Å². The molecular weight excluding hydrogens is 260 g/mol. The van der Waals surface area contributed by atoms with Gasteiger partial charge in [0.05, 0.1) is 5.70 Å². The van der Waals surface area contributed by atoms with Crippen molar-refractivity contribution >= 4 is 40.9 Å². The molecule has 0 atom stereocenters. The van der Waals surface area contributed by atoms with E-state index < -0.39 is 0 Å². The Morgan fingerprint density at radius 1 is 1.37 bits per heavy atom. The number of aromatic nitrogens is 1. The van der Waals surface area contributed by atoms with Crippen LogP contribution in [0.15, 0.2) is 45.5 Å². The Hall–Kier alpha value is -2.07. The lowest BCUT2D eigenvalue weighted by Crippen LogP contribution is -2.20. The highest BCUT2D eigenvalue weighted by atomic mass is 35.5. The number of hydrogen-bond acceptors (Lipinski definition) is 1. The van der Waals surface area contributed by atoms with Gasteiger partial charge in [-0.15, -0.1) is 0 Å². The monoisotopic (exact) mass is 274 g/mol. The Morgan fingerprint density at radius 2 is 2.11 bits per heavy atom. The van der Waals surface area contributed by atoms with Crippen LogP contribution < -0.4 is 5.32 Å². The normalized spacial score (nSPS) is 13.3. The van der Waals surface area contributed by atoms with Gasteiger partial charge in [-0.2, -0.15) is 0 Å². The fraction of sp³-hybridized carbons (Fsp3) is 0.143. The number of benzene rings is 1. The summed E-state index contributed by atoms with van der Waals surface area (Å²) in [5.74, 6) is 0.431. The topological polar surface area (TPSA) is 52.5 Å². The van der Waals surface area contributed by atoms with Crippen LogP contribution in [-0.4, -0.2) is 24.7 Å². The average Bonchev–Trinajstić information content (AvgIpc) is 2.84. The molecule has 5 heteroatoms. The number of aromatic amines is 1. The second-order valence-corrected chi connectivity index (χ2v) is 4.55. The van der Waals surface area contributed by atoms with E-state index in [0.717, 1.165) is 22.2 Å². The molecule has 1 aromatic heterocycles. The molecule has 0 aliphatic rings. The van der Waals surface area contributed by atoms with Gasteiger partial charge >= 0.3 is 0 Å². The van der Waals surface area contributed by atoms with E-state index in [2.05, 4.69) is 27.0 Å². The van der Waals surface area contributed by atoms with Gasteiger partial charge in [-0.25, -0.2) is 4.99 Å². The number of halogens is 1. The lowest BCUT2D eigenvalue weighted by Gasteiger charge is -2.10. The molecule has 0 bridgehead atoms. The van der Waals surface area contributed by atoms with Crippen molar-refractivity contribution in [2.45, 2.75) is 6.92 Å². The molecule has 19 heavy (non-hydrogen) atoms. The average molecular weight is 275 g/mol. The predicted octanol–water partition coefficient (Wildman–Crippen LogP) is 3.37. The van der Waals surface area contributed by atoms with E-state index >= 15 is 0 Å². The van der Waals surface area contributed by atoms with Crippen molar-refractivity contribution < 1.29 is 0 Å². The summed E-state index contributed by atoms with van der Waals surface area (Å²) in [6, 6.07) is 8.02. The number of nitrogens with zero attached hydrogens (tertiary/aromatic N) is 2. The van der Waals surface area contributed by atoms with Crippen molar-refractivity contribution in [3.63, 3.8) is 0 Å². The highest BCUT2D eigenvalue weighted by Crippen LogP contribution is 2.26. The Bertz CT molecular complexity index is 663. The van der Waals surface area contributed by atoms with Crippen LogP contribution in [0.1, 0.15) is 12.5 Å². The second-order valence-electron chi connectivity index (χ2n) is 3.99. The first kappa shape index (κ1) is 13.4. The summed E-state index contributed by atoms with van der Waals surface area (Å²) in [4.78, 5) is 11.0. The molecule has 0 saturated carbocycles. The first-order chi connectivity index (χ1) is 9.17. The van der Waals surface area contributed by atoms with Crippen molar-refractivity contribution in [3.8, 4) is 0 Å². The SMILES string of the molecule is C=NC(=NC)N/C(=C(\C)Cl)c1c[nH]c2ccccc12. The van der Waals surface area contributed by atoms with Crippen molar-refractivity contribution in [2.75, 3.05) is 7.05 Å². The molecule has 0 amide bonds. The number of nitrogens with one attached hydrogen (secondary N) is 2.